The zero-order valence-electron chi connectivity index (χ0n) is 9.65. The van der Waals surface area contributed by atoms with Gasteiger partial charge in [-0.1, -0.05) is 11.3 Å². The van der Waals surface area contributed by atoms with Crippen molar-refractivity contribution in [1.82, 2.24) is 25.3 Å². The fourth-order valence-corrected chi connectivity index (χ4v) is 1.46. The maximum atomic E-state index is 10.7. The highest BCUT2D eigenvalue weighted by molar-refractivity contribution is 5.85. The van der Waals surface area contributed by atoms with E-state index in [9.17, 15) is 4.79 Å². The molecule has 0 atom stereocenters. The molecule has 7 heteroatoms. The zero-order valence-corrected chi connectivity index (χ0v) is 9.65. The lowest BCUT2D eigenvalue weighted by atomic mass is 10.3. The monoisotopic (exact) mass is 247 g/mol. The number of nitrogens with one attached hydrogen (secondary N) is 1. The standard InChI is InChI=1S/C11H13N5O2/c17-11(18)10-3-1-2-9(14-10)8-12-4-6-16-7-5-13-15-16/h1-3,5,7,12H,4,6,8H2,(H,17,18). The summed E-state index contributed by atoms with van der Waals surface area (Å²) in [7, 11) is 0. The van der Waals surface area contributed by atoms with Crippen molar-refractivity contribution in [1.29, 1.82) is 0 Å². The molecule has 0 aromatic carbocycles. The summed E-state index contributed by atoms with van der Waals surface area (Å²) in [5.41, 5.74) is 0.763. The zero-order chi connectivity index (χ0) is 12.8. The average Bonchev–Trinajstić information content (AvgIpc) is 2.88. The van der Waals surface area contributed by atoms with Crippen LogP contribution in [-0.2, 0) is 13.1 Å². The molecule has 0 amide bonds. The van der Waals surface area contributed by atoms with Gasteiger partial charge < -0.3 is 10.4 Å². The molecule has 0 fully saturated rings. The summed E-state index contributed by atoms with van der Waals surface area (Å²) in [6.45, 7) is 1.94. The quantitative estimate of drug-likeness (QED) is 0.706. The van der Waals surface area contributed by atoms with Crippen LogP contribution in [0.4, 0.5) is 0 Å². The number of aromatic nitrogens is 4. The van der Waals surface area contributed by atoms with Crippen LogP contribution in [0.1, 0.15) is 16.2 Å². The minimum Gasteiger partial charge on any atom is -0.477 e. The number of hydrogen-bond donors (Lipinski definition) is 2. The van der Waals surface area contributed by atoms with E-state index in [1.807, 2.05) is 0 Å². The molecule has 0 unspecified atom stereocenters. The second-order valence-electron chi connectivity index (χ2n) is 3.66. The Morgan fingerprint density at radius 2 is 2.33 bits per heavy atom. The van der Waals surface area contributed by atoms with E-state index in [1.54, 1.807) is 29.2 Å². The third kappa shape index (κ3) is 3.36. The van der Waals surface area contributed by atoms with Crippen molar-refractivity contribution in [2.45, 2.75) is 13.1 Å². The molecular formula is C11H13N5O2. The molecule has 0 radical (unpaired) electrons. The van der Waals surface area contributed by atoms with Gasteiger partial charge >= 0.3 is 5.97 Å². The van der Waals surface area contributed by atoms with E-state index in [0.29, 0.717) is 25.3 Å². The number of carbonyl (C=O) groups is 1. The smallest absolute Gasteiger partial charge is 0.354 e. The predicted octanol–water partition coefficient (Wildman–Crippen LogP) is 0.161. The van der Waals surface area contributed by atoms with Crippen LogP contribution < -0.4 is 5.32 Å². The van der Waals surface area contributed by atoms with Gasteiger partial charge in [-0.25, -0.2) is 9.78 Å². The Kier molecular flexibility index (Phi) is 3.98. The average molecular weight is 247 g/mol. The molecule has 2 N–H and O–H groups in total. The number of carboxylic acids is 1. The number of aromatic carboxylic acids is 1. The molecule has 0 aliphatic rings. The molecule has 0 bridgehead atoms. The molecule has 0 spiro atoms. The minimum absolute atomic E-state index is 0.0607. The van der Waals surface area contributed by atoms with Gasteiger partial charge in [0.2, 0.25) is 0 Å². The Morgan fingerprint density at radius 1 is 1.44 bits per heavy atom. The maximum absolute atomic E-state index is 10.7. The fourth-order valence-electron chi connectivity index (χ4n) is 1.46. The Labute approximate surface area is 103 Å². The van der Waals surface area contributed by atoms with E-state index in [-0.39, 0.29) is 5.69 Å². The van der Waals surface area contributed by atoms with Crippen LogP contribution in [0.3, 0.4) is 0 Å². The van der Waals surface area contributed by atoms with Crippen LogP contribution >= 0.6 is 0 Å². The van der Waals surface area contributed by atoms with E-state index >= 15 is 0 Å². The Bertz CT molecular complexity index is 512. The van der Waals surface area contributed by atoms with Gasteiger partial charge in [-0.2, -0.15) is 0 Å². The third-order valence-corrected chi connectivity index (χ3v) is 2.32. The highest BCUT2D eigenvalue weighted by Crippen LogP contribution is 1.99. The first-order valence-corrected chi connectivity index (χ1v) is 5.50. The van der Waals surface area contributed by atoms with Crippen molar-refractivity contribution in [2.24, 2.45) is 0 Å². The largest absolute Gasteiger partial charge is 0.477 e. The number of nitrogens with zero attached hydrogens (tertiary/aromatic N) is 4. The van der Waals surface area contributed by atoms with Gasteiger partial charge in [-0.05, 0) is 12.1 Å². The van der Waals surface area contributed by atoms with Gasteiger partial charge in [0.05, 0.1) is 18.4 Å². The number of hydrogen-bond acceptors (Lipinski definition) is 5. The first kappa shape index (κ1) is 12.2. The highest BCUT2D eigenvalue weighted by atomic mass is 16.4. The summed E-state index contributed by atoms with van der Waals surface area (Å²) in [4.78, 5) is 14.7. The van der Waals surface area contributed by atoms with Crippen molar-refractivity contribution in [3.63, 3.8) is 0 Å². The fraction of sp³-hybridized carbons (Fsp3) is 0.273. The second-order valence-corrected chi connectivity index (χ2v) is 3.66. The molecule has 2 aromatic heterocycles. The summed E-state index contributed by atoms with van der Waals surface area (Å²) in [6, 6.07) is 4.95. The van der Waals surface area contributed by atoms with Crippen LogP contribution in [0.15, 0.2) is 30.6 Å². The van der Waals surface area contributed by atoms with Gasteiger partial charge in [0, 0.05) is 19.3 Å². The normalized spacial score (nSPS) is 10.4. The topological polar surface area (TPSA) is 92.9 Å². The lowest BCUT2D eigenvalue weighted by Gasteiger charge is -2.04. The lowest BCUT2D eigenvalue weighted by molar-refractivity contribution is 0.0690. The summed E-state index contributed by atoms with van der Waals surface area (Å²) < 4.78 is 1.72. The SMILES string of the molecule is O=C(O)c1cccc(CNCCn2ccnn2)n1. The predicted molar refractivity (Wildman–Crippen MR) is 62.9 cm³/mol. The van der Waals surface area contributed by atoms with E-state index in [4.69, 9.17) is 5.11 Å². The van der Waals surface area contributed by atoms with Crippen LogP contribution in [0.5, 0.6) is 0 Å². The summed E-state index contributed by atoms with van der Waals surface area (Å²) in [5.74, 6) is -1.01. The van der Waals surface area contributed by atoms with Crippen LogP contribution in [0.2, 0.25) is 0 Å². The van der Waals surface area contributed by atoms with Gasteiger partial charge in [0.25, 0.3) is 0 Å². The van der Waals surface area contributed by atoms with Gasteiger partial charge in [-0.15, -0.1) is 5.10 Å². The van der Waals surface area contributed by atoms with Crippen molar-refractivity contribution < 1.29 is 9.90 Å². The molecule has 0 saturated heterocycles. The molecule has 94 valence electrons. The van der Waals surface area contributed by atoms with E-state index in [2.05, 4.69) is 20.6 Å². The first-order chi connectivity index (χ1) is 8.75. The molecular weight excluding hydrogens is 234 g/mol. The number of pyridine rings is 1. The van der Waals surface area contributed by atoms with Crippen molar-refractivity contribution in [3.05, 3.63) is 42.0 Å². The van der Waals surface area contributed by atoms with Gasteiger partial charge in [0.1, 0.15) is 5.69 Å². The molecule has 7 nitrogen and oxygen atoms in total. The third-order valence-electron chi connectivity index (χ3n) is 2.32. The van der Waals surface area contributed by atoms with Gasteiger partial charge in [0.15, 0.2) is 0 Å². The van der Waals surface area contributed by atoms with E-state index in [0.717, 1.165) is 0 Å². The molecule has 0 aliphatic heterocycles. The maximum Gasteiger partial charge on any atom is 0.354 e. The molecule has 0 aliphatic carbocycles. The summed E-state index contributed by atoms with van der Waals surface area (Å²) in [6.07, 6.45) is 3.41. The first-order valence-electron chi connectivity index (χ1n) is 5.50. The second kappa shape index (κ2) is 5.87. The summed E-state index contributed by atoms with van der Waals surface area (Å²) in [5, 5.41) is 19.5. The number of rotatable bonds is 6. The van der Waals surface area contributed by atoms with E-state index in [1.165, 1.54) is 6.07 Å². The Morgan fingerprint density at radius 3 is 3.06 bits per heavy atom. The molecule has 2 rings (SSSR count). The van der Waals surface area contributed by atoms with Crippen molar-refractivity contribution in [3.8, 4) is 0 Å². The van der Waals surface area contributed by atoms with Crippen LogP contribution in [0.25, 0.3) is 0 Å². The van der Waals surface area contributed by atoms with E-state index < -0.39 is 5.97 Å². The minimum atomic E-state index is -1.01. The molecule has 2 heterocycles. The van der Waals surface area contributed by atoms with Crippen LogP contribution in [0, 0.1) is 0 Å². The number of carboxylic acid groups (broad SMARTS) is 1. The lowest BCUT2D eigenvalue weighted by Crippen LogP contribution is -2.20. The molecule has 2 aromatic rings. The van der Waals surface area contributed by atoms with Gasteiger partial charge in [-0.3, -0.25) is 4.68 Å². The Balaban J connectivity index is 1.79. The molecule has 18 heavy (non-hydrogen) atoms. The summed E-state index contributed by atoms with van der Waals surface area (Å²) >= 11 is 0. The molecule has 0 saturated carbocycles. The van der Waals surface area contributed by atoms with Crippen LogP contribution in [-0.4, -0.2) is 37.6 Å². The van der Waals surface area contributed by atoms with Crippen molar-refractivity contribution in [2.75, 3.05) is 6.54 Å². The Hall–Kier alpha value is -2.28. The highest BCUT2D eigenvalue weighted by Gasteiger charge is 2.04. The van der Waals surface area contributed by atoms with Crippen molar-refractivity contribution >= 4 is 5.97 Å².